The molecule has 1 aliphatic rings. The van der Waals surface area contributed by atoms with Crippen molar-refractivity contribution in [2.24, 2.45) is 5.92 Å². The predicted molar refractivity (Wildman–Crippen MR) is 93.7 cm³/mol. The number of unbranched alkanes of at least 4 members (excludes halogenated alkanes) is 3. The highest BCUT2D eigenvalue weighted by Gasteiger charge is 2.24. The van der Waals surface area contributed by atoms with Gasteiger partial charge in [0.05, 0.1) is 11.8 Å². The first kappa shape index (κ1) is 19.6. The lowest BCUT2D eigenvalue weighted by atomic mass is 9.97. The van der Waals surface area contributed by atoms with Crippen LogP contribution in [0.2, 0.25) is 0 Å². The first-order chi connectivity index (χ1) is 12.0. The Morgan fingerprint density at radius 2 is 1.84 bits per heavy atom. The lowest BCUT2D eigenvalue weighted by Crippen LogP contribution is -2.29. The maximum absolute atomic E-state index is 12.1. The van der Waals surface area contributed by atoms with Crippen LogP contribution < -0.4 is 5.69 Å². The molecule has 0 aliphatic heterocycles. The van der Waals surface area contributed by atoms with Gasteiger partial charge in [-0.3, -0.25) is 14.3 Å². The molecule has 0 bridgehead atoms. The van der Waals surface area contributed by atoms with Crippen LogP contribution in [0.5, 0.6) is 5.88 Å². The van der Waals surface area contributed by atoms with Crippen LogP contribution in [0, 0.1) is 5.92 Å². The first-order valence-electron chi connectivity index (χ1n) is 9.39. The third kappa shape index (κ3) is 5.92. The van der Waals surface area contributed by atoms with Gasteiger partial charge in [0.1, 0.15) is 0 Å². The van der Waals surface area contributed by atoms with Crippen molar-refractivity contribution in [1.82, 2.24) is 9.55 Å². The number of carboxylic acids is 1. The molecule has 2 unspecified atom stereocenters. The summed E-state index contributed by atoms with van der Waals surface area (Å²) < 4.78 is 1.58. The summed E-state index contributed by atoms with van der Waals surface area (Å²) in [6.07, 6.45) is 8.34. The van der Waals surface area contributed by atoms with E-state index in [0.717, 1.165) is 51.4 Å². The normalized spacial score (nSPS) is 21.2. The molecule has 25 heavy (non-hydrogen) atoms. The van der Waals surface area contributed by atoms with Gasteiger partial charge in [0, 0.05) is 18.9 Å². The molecule has 2 atom stereocenters. The van der Waals surface area contributed by atoms with Crippen molar-refractivity contribution in [2.45, 2.75) is 83.3 Å². The fraction of sp³-hybridized carbons (Fsp3) is 0.778. The maximum atomic E-state index is 12.1. The molecule has 0 amide bonds. The lowest BCUT2D eigenvalue weighted by Gasteiger charge is -2.21. The Kier molecular flexibility index (Phi) is 7.55. The molecule has 1 aromatic heterocycles. The van der Waals surface area contributed by atoms with E-state index >= 15 is 0 Å². The van der Waals surface area contributed by atoms with Crippen molar-refractivity contribution in [3.05, 3.63) is 16.2 Å². The maximum Gasteiger partial charge on any atom is 0.328 e. The van der Waals surface area contributed by atoms with Crippen molar-refractivity contribution in [1.29, 1.82) is 0 Å². The van der Waals surface area contributed by atoms with Gasteiger partial charge in [-0.25, -0.2) is 4.79 Å². The number of nitrogens with zero attached hydrogens (tertiary/aromatic N) is 1. The number of imidazole rings is 1. The largest absolute Gasteiger partial charge is 0.493 e. The van der Waals surface area contributed by atoms with Crippen LogP contribution in [-0.4, -0.2) is 36.9 Å². The molecule has 7 heteroatoms. The molecule has 7 nitrogen and oxygen atoms in total. The number of aromatic nitrogens is 2. The second-order valence-electron chi connectivity index (χ2n) is 7.11. The molecular formula is C18H30N2O5. The number of hydrogen-bond donors (Lipinski definition) is 4. The standard InChI is InChI=1S/C18H30N2O5/c21-15-10-6-3-4-8-13(15)12-20-14(17(24)19-18(20)25)9-5-1-2-7-11-16(22)23/h13,15,21,24H,1-12H2,(H,19,25)(H,22,23). The Hall–Kier alpha value is -1.76. The molecule has 1 heterocycles. The topological polar surface area (TPSA) is 116 Å². The van der Waals surface area contributed by atoms with Crippen molar-refractivity contribution in [3.63, 3.8) is 0 Å². The van der Waals surface area contributed by atoms with Crippen LogP contribution in [0.15, 0.2) is 4.79 Å². The Morgan fingerprint density at radius 3 is 2.60 bits per heavy atom. The fourth-order valence-electron chi connectivity index (χ4n) is 3.67. The molecule has 1 saturated carbocycles. The van der Waals surface area contributed by atoms with E-state index in [-0.39, 0.29) is 23.9 Å². The van der Waals surface area contributed by atoms with Gasteiger partial charge in [-0.2, -0.15) is 0 Å². The molecule has 2 rings (SSSR count). The molecule has 0 aromatic carbocycles. The monoisotopic (exact) mass is 354 g/mol. The number of H-pyrrole nitrogens is 1. The number of carbonyl (C=O) groups is 1. The van der Waals surface area contributed by atoms with Crippen molar-refractivity contribution in [2.75, 3.05) is 0 Å². The third-order valence-corrected chi connectivity index (χ3v) is 5.16. The van der Waals surface area contributed by atoms with E-state index in [1.54, 1.807) is 4.57 Å². The number of carboxylic acid groups (broad SMARTS) is 1. The Labute approximate surface area is 147 Å². The van der Waals surface area contributed by atoms with E-state index in [4.69, 9.17) is 5.11 Å². The van der Waals surface area contributed by atoms with Gasteiger partial charge < -0.3 is 15.3 Å². The zero-order valence-corrected chi connectivity index (χ0v) is 14.7. The fourth-order valence-corrected chi connectivity index (χ4v) is 3.67. The number of hydrogen-bond acceptors (Lipinski definition) is 4. The molecular weight excluding hydrogens is 324 g/mol. The van der Waals surface area contributed by atoms with E-state index in [0.29, 0.717) is 25.1 Å². The zero-order chi connectivity index (χ0) is 18.2. The number of aromatic hydroxyl groups is 1. The second-order valence-corrected chi connectivity index (χ2v) is 7.11. The van der Waals surface area contributed by atoms with Crippen LogP contribution in [0.1, 0.15) is 69.9 Å². The van der Waals surface area contributed by atoms with Gasteiger partial charge in [-0.05, 0) is 32.1 Å². The van der Waals surface area contributed by atoms with E-state index in [9.17, 15) is 19.8 Å². The number of aliphatic hydroxyl groups is 1. The molecule has 0 spiro atoms. The molecule has 142 valence electrons. The highest BCUT2D eigenvalue weighted by atomic mass is 16.4. The summed E-state index contributed by atoms with van der Waals surface area (Å²) in [6.45, 7) is 0.436. The minimum Gasteiger partial charge on any atom is -0.493 e. The quantitative estimate of drug-likeness (QED) is 0.401. The van der Waals surface area contributed by atoms with Gasteiger partial charge >= 0.3 is 11.7 Å². The van der Waals surface area contributed by atoms with Crippen molar-refractivity contribution < 1.29 is 20.1 Å². The molecule has 1 aromatic rings. The minimum absolute atomic E-state index is 0.0460. The van der Waals surface area contributed by atoms with E-state index in [2.05, 4.69) is 4.98 Å². The van der Waals surface area contributed by atoms with Crippen molar-refractivity contribution >= 4 is 5.97 Å². The van der Waals surface area contributed by atoms with Gasteiger partial charge in [-0.1, -0.05) is 32.1 Å². The minimum atomic E-state index is -0.779. The Morgan fingerprint density at radius 1 is 1.12 bits per heavy atom. The van der Waals surface area contributed by atoms with Crippen LogP contribution in [0.3, 0.4) is 0 Å². The van der Waals surface area contributed by atoms with Crippen LogP contribution in [0.25, 0.3) is 0 Å². The van der Waals surface area contributed by atoms with Gasteiger partial charge in [0.2, 0.25) is 5.88 Å². The Balaban J connectivity index is 1.92. The summed E-state index contributed by atoms with van der Waals surface area (Å²) in [5, 5.41) is 28.9. The van der Waals surface area contributed by atoms with Crippen LogP contribution in [0.4, 0.5) is 0 Å². The molecule has 0 radical (unpaired) electrons. The predicted octanol–water partition coefficient (Wildman–Crippen LogP) is 2.40. The van der Waals surface area contributed by atoms with Gasteiger partial charge in [-0.15, -0.1) is 0 Å². The molecule has 4 N–H and O–H groups in total. The molecule has 0 saturated heterocycles. The number of aliphatic carboxylic acids is 1. The summed E-state index contributed by atoms with van der Waals surface area (Å²) in [5.41, 5.74) is 0.273. The number of aromatic amines is 1. The lowest BCUT2D eigenvalue weighted by molar-refractivity contribution is -0.137. The average Bonchev–Trinajstić information content (AvgIpc) is 2.70. The van der Waals surface area contributed by atoms with Gasteiger partial charge in [0.25, 0.3) is 0 Å². The summed E-state index contributed by atoms with van der Waals surface area (Å²) in [6, 6.07) is 0. The van der Waals surface area contributed by atoms with Crippen molar-refractivity contribution in [3.8, 4) is 5.88 Å². The zero-order valence-electron chi connectivity index (χ0n) is 14.7. The summed E-state index contributed by atoms with van der Waals surface area (Å²) in [4.78, 5) is 25.1. The van der Waals surface area contributed by atoms with Gasteiger partial charge in [0.15, 0.2) is 0 Å². The highest BCUT2D eigenvalue weighted by Crippen LogP contribution is 2.26. The average molecular weight is 354 g/mol. The van der Waals surface area contributed by atoms with Crippen LogP contribution >= 0.6 is 0 Å². The molecule has 1 fully saturated rings. The summed E-state index contributed by atoms with van der Waals surface area (Å²) in [5.74, 6) is -0.817. The van der Waals surface area contributed by atoms with E-state index < -0.39 is 12.1 Å². The highest BCUT2D eigenvalue weighted by molar-refractivity contribution is 5.66. The number of aliphatic hydroxyl groups excluding tert-OH is 1. The summed E-state index contributed by atoms with van der Waals surface area (Å²) in [7, 11) is 0. The number of rotatable bonds is 9. The second kappa shape index (κ2) is 9.65. The SMILES string of the molecule is O=C(O)CCCCCCc1c(O)[nH]c(=O)n1CC1CCCCCC1O. The van der Waals surface area contributed by atoms with Crippen LogP contribution in [-0.2, 0) is 17.8 Å². The number of nitrogens with one attached hydrogen (secondary N) is 1. The van der Waals surface area contributed by atoms with E-state index in [1.165, 1.54) is 0 Å². The Bertz CT molecular complexity index is 607. The third-order valence-electron chi connectivity index (χ3n) is 5.16. The summed E-state index contributed by atoms with van der Waals surface area (Å²) >= 11 is 0. The first-order valence-corrected chi connectivity index (χ1v) is 9.39. The van der Waals surface area contributed by atoms with E-state index in [1.807, 2.05) is 0 Å². The molecule has 1 aliphatic carbocycles. The smallest absolute Gasteiger partial charge is 0.328 e.